The minimum atomic E-state index is -1.40. The van der Waals surface area contributed by atoms with Crippen LogP contribution in [0.4, 0.5) is 0 Å². The molecular formula is C11H18BNO2. The topological polar surface area (TPSA) is 66.5 Å². The Bertz CT molecular complexity index is 345. The third-order valence-electron chi connectivity index (χ3n) is 2.31. The van der Waals surface area contributed by atoms with Gasteiger partial charge in [0.25, 0.3) is 0 Å². The van der Waals surface area contributed by atoms with Crippen molar-refractivity contribution >= 4 is 12.6 Å². The smallest absolute Gasteiger partial charge is 0.423 e. The van der Waals surface area contributed by atoms with Gasteiger partial charge in [-0.3, -0.25) is 0 Å². The van der Waals surface area contributed by atoms with Gasteiger partial charge in [0.2, 0.25) is 0 Å². The Morgan fingerprint density at radius 2 is 1.93 bits per heavy atom. The van der Waals surface area contributed by atoms with E-state index in [-0.39, 0.29) is 5.54 Å². The molecule has 0 amide bonds. The summed E-state index contributed by atoms with van der Waals surface area (Å²) in [4.78, 5) is 0. The van der Waals surface area contributed by atoms with Crippen molar-refractivity contribution in [1.82, 2.24) is 0 Å². The molecule has 1 aromatic carbocycles. The van der Waals surface area contributed by atoms with Gasteiger partial charge in [0.05, 0.1) is 0 Å². The first-order chi connectivity index (χ1) is 6.79. The molecule has 1 rings (SSSR count). The van der Waals surface area contributed by atoms with Gasteiger partial charge in [-0.05, 0) is 43.8 Å². The van der Waals surface area contributed by atoms with Crippen LogP contribution in [0.25, 0.3) is 0 Å². The van der Waals surface area contributed by atoms with Gasteiger partial charge < -0.3 is 15.8 Å². The summed E-state index contributed by atoms with van der Waals surface area (Å²) < 4.78 is 0. The van der Waals surface area contributed by atoms with E-state index in [1.807, 2.05) is 26.8 Å². The van der Waals surface area contributed by atoms with Crippen molar-refractivity contribution < 1.29 is 10.0 Å². The van der Waals surface area contributed by atoms with Gasteiger partial charge in [0, 0.05) is 5.54 Å². The van der Waals surface area contributed by atoms with Crippen molar-refractivity contribution in [3.63, 3.8) is 0 Å². The fourth-order valence-corrected chi connectivity index (χ4v) is 1.57. The first-order valence-electron chi connectivity index (χ1n) is 5.04. The van der Waals surface area contributed by atoms with Gasteiger partial charge in [-0.25, -0.2) is 0 Å². The Balaban J connectivity index is 2.94. The Hall–Kier alpha value is -0.835. The Morgan fingerprint density at radius 1 is 1.33 bits per heavy atom. The Morgan fingerprint density at radius 3 is 2.33 bits per heavy atom. The minimum Gasteiger partial charge on any atom is -0.423 e. The molecule has 0 aromatic heterocycles. The summed E-state index contributed by atoms with van der Waals surface area (Å²) in [6.45, 7) is 5.90. The molecule has 0 bridgehead atoms. The molecule has 15 heavy (non-hydrogen) atoms. The summed E-state index contributed by atoms with van der Waals surface area (Å²) in [5, 5.41) is 18.0. The van der Waals surface area contributed by atoms with Crippen LogP contribution in [0.3, 0.4) is 0 Å². The maximum atomic E-state index is 9.00. The van der Waals surface area contributed by atoms with Crippen LogP contribution in [0.5, 0.6) is 0 Å². The molecule has 0 heterocycles. The fraction of sp³-hybridized carbons (Fsp3) is 0.455. The second-order valence-electron chi connectivity index (χ2n) is 4.72. The van der Waals surface area contributed by atoms with E-state index in [2.05, 4.69) is 0 Å². The standard InChI is InChI=1S/C11H18BNO2/c1-8-6-10(12(14)15)5-4-9(8)7-11(2,3)13/h4-6,14-15H,7,13H2,1-3H3. The molecule has 0 atom stereocenters. The summed E-state index contributed by atoms with van der Waals surface area (Å²) in [6, 6.07) is 5.41. The van der Waals surface area contributed by atoms with Crippen LogP contribution in [0.2, 0.25) is 0 Å². The van der Waals surface area contributed by atoms with Crippen LogP contribution in [0.1, 0.15) is 25.0 Å². The molecule has 0 aliphatic rings. The average molecular weight is 207 g/mol. The van der Waals surface area contributed by atoms with Gasteiger partial charge in [-0.1, -0.05) is 18.2 Å². The number of hydrogen-bond acceptors (Lipinski definition) is 3. The molecule has 4 heteroatoms. The summed E-state index contributed by atoms with van der Waals surface area (Å²) in [5.74, 6) is 0. The fourth-order valence-electron chi connectivity index (χ4n) is 1.57. The number of benzene rings is 1. The first-order valence-corrected chi connectivity index (χ1v) is 5.04. The van der Waals surface area contributed by atoms with Crippen LogP contribution < -0.4 is 11.2 Å². The predicted molar refractivity (Wildman–Crippen MR) is 63.0 cm³/mol. The molecule has 0 spiro atoms. The molecule has 3 nitrogen and oxygen atoms in total. The molecule has 0 aliphatic heterocycles. The van der Waals surface area contributed by atoms with Crippen LogP contribution >= 0.6 is 0 Å². The quantitative estimate of drug-likeness (QED) is 0.609. The highest BCUT2D eigenvalue weighted by Crippen LogP contribution is 2.13. The van der Waals surface area contributed by atoms with E-state index in [0.29, 0.717) is 5.46 Å². The lowest BCUT2D eigenvalue weighted by Crippen LogP contribution is -2.35. The highest BCUT2D eigenvalue weighted by atomic mass is 16.4. The number of nitrogens with two attached hydrogens (primary N) is 1. The summed E-state index contributed by atoms with van der Waals surface area (Å²) >= 11 is 0. The zero-order valence-electron chi connectivity index (χ0n) is 9.49. The molecule has 0 unspecified atom stereocenters. The number of aryl methyl sites for hydroxylation is 1. The maximum Gasteiger partial charge on any atom is 0.488 e. The second kappa shape index (κ2) is 4.35. The monoisotopic (exact) mass is 207 g/mol. The van der Waals surface area contributed by atoms with Crippen molar-refractivity contribution in [1.29, 1.82) is 0 Å². The Kier molecular flexibility index (Phi) is 3.55. The third kappa shape index (κ3) is 3.66. The lowest BCUT2D eigenvalue weighted by Gasteiger charge is -2.20. The summed E-state index contributed by atoms with van der Waals surface area (Å²) in [5.41, 5.74) is 8.40. The molecule has 0 saturated heterocycles. The van der Waals surface area contributed by atoms with E-state index in [1.165, 1.54) is 0 Å². The molecule has 0 fully saturated rings. The third-order valence-corrected chi connectivity index (χ3v) is 2.31. The van der Waals surface area contributed by atoms with Crippen LogP contribution in [0.15, 0.2) is 18.2 Å². The molecular weight excluding hydrogens is 189 g/mol. The van der Waals surface area contributed by atoms with Gasteiger partial charge in [0.1, 0.15) is 0 Å². The van der Waals surface area contributed by atoms with Crippen molar-refractivity contribution in [2.75, 3.05) is 0 Å². The lowest BCUT2D eigenvalue weighted by molar-refractivity contribution is 0.425. The minimum absolute atomic E-state index is 0.246. The largest absolute Gasteiger partial charge is 0.488 e. The normalized spacial score (nSPS) is 11.6. The zero-order valence-corrected chi connectivity index (χ0v) is 9.49. The molecule has 82 valence electrons. The SMILES string of the molecule is Cc1cc(B(O)O)ccc1CC(C)(C)N. The van der Waals surface area contributed by atoms with Crippen LogP contribution in [-0.2, 0) is 6.42 Å². The highest BCUT2D eigenvalue weighted by molar-refractivity contribution is 6.58. The molecule has 0 saturated carbocycles. The van der Waals surface area contributed by atoms with E-state index in [0.717, 1.165) is 17.5 Å². The second-order valence-corrected chi connectivity index (χ2v) is 4.72. The van der Waals surface area contributed by atoms with E-state index >= 15 is 0 Å². The Labute approximate surface area is 91.1 Å². The lowest BCUT2D eigenvalue weighted by atomic mass is 9.78. The van der Waals surface area contributed by atoms with E-state index in [1.54, 1.807) is 12.1 Å². The highest BCUT2D eigenvalue weighted by Gasteiger charge is 2.16. The molecule has 0 radical (unpaired) electrons. The van der Waals surface area contributed by atoms with Gasteiger partial charge in [-0.2, -0.15) is 0 Å². The molecule has 1 aromatic rings. The average Bonchev–Trinajstić information content (AvgIpc) is 2.05. The summed E-state index contributed by atoms with van der Waals surface area (Å²) in [6.07, 6.45) is 0.778. The van der Waals surface area contributed by atoms with Gasteiger partial charge in [-0.15, -0.1) is 0 Å². The predicted octanol–water partition coefficient (Wildman–Crippen LogP) is -0.0454. The van der Waals surface area contributed by atoms with Crippen LogP contribution in [0, 0.1) is 6.92 Å². The number of rotatable bonds is 3. The molecule has 0 aliphatic carbocycles. The van der Waals surface area contributed by atoms with Crippen molar-refractivity contribution in [3.8, 4) is 0 Å². The van der Waals surface area contributed by atoms with Gasteiger partial charge >= 0.3 is 7.12 Å². The van der Waals surface area contributed by atoms with Gasteiger partial charge in [0.15, 0.2) is 0 Å². The maximum absolute atomic E-state index is 9.00. The van der Waals surface area contributed by atoms with Crippen molar-refractivity contribution in [3.05, 3.63) is 29.3 Å². The number of hydrogen-bond donors (Lipinski definition) is 3. The first kappa shape index (κ1) is 12.2. The van der Waals surface area contributed by atoms with Crippen LogP contribution in [-0.4, -0.2) is 22.7 Å². The van der Waals surface area contributed by atoms with E-state index in [9.17, 15) is 0 Å². The molecule has 4 N–H and O–H groups in total. The van der Waals surface area contributed by atoms with Crippen molar-refractivity contribution in [2.45, 2.75) is 32.7 Å². The van der Waals surface area contributed by atoms with E-state index < -0.39 is 7.12 Å². The van der Waals surface area contributed by atoms with Crippen molar-refractivity contribution in [2.24, 2.45) is 5.73 Å². The zero-order chi connectivity index (χ0) is 11.6. The van der Waals surface area contributed by atoms with E-state index in [4.69, 9.17) is 15.8 Å². The summed E-state index contributed by atoms with van der Waals surface area (Å²) in [7, 11) is -1.40.